The van der Waals surface area contributed by atoms with Gasteiger partial charge in [0.2, 0.25) is 0 Å². The lowest BCUT2D eigenvalue weighted by Crippen LogP contribution is -2.47. The van der Waals surface area contributed by atoms with Crippen molar-refractivity contribution in [3.8, 4) is 0 Å². The molecule has 6 nitrogen and oxygen atoms in total. The lowest BCUT2D eigenvalue weighted by atomic mass is 10.0. The van der Waals surface area contributed by atoms with E-state index in [2.05, 4.69) is 16.7 Å². The molecule has 0 spiro atoms. The van der Waals surface area contributed by atoms with Crippen LogP contribution in [-0.2, 0) is 9.59 Å². The first kappa shape index (κ1) is 21.1. The summed E-state index contributed by atoms with van der Waals surface area (Å²) in [6.07, 6.45) is 0. The van der Waals surface area contributed by atoms with Crippen LogP contribution < -0.4 is 9.80 Å². The third-order valence-corrected chi connectivity index (χ3v) is 6.16. The van der Waals surface area contributed by atoms with Crippen molar-refractivity contribution in [1.29, 1.82) is 0 Å². The lowest BCUT2D eigenvalue weighted by Gasteiger charge is -2.36. The standard InChI is InChI=1S/C25H30N4O2/c1-5-27-14-16-28(17-15-27)23-22(19-8-6-18(2)7-9-19)24(30)29(25(23)31)21-12-10-20(11-13-21)26(3)4/h6-13H,5,14-17H2,1-4H3. The number of hydrogen-bond acceptors (Lipinski definition) is 5. The third-order valence-electron chi connectivity index (χ3n) is 6.16. The first-order chi connectivity index (χ1) is 14.9. The summed E-state index contributed by atoms with van der Waals surface area (Å²) >= 11 is 0. The highest BCUT2D eigenvalue weighted by Crippen LogP contribution is 2.35. The molecule has 162 valence electrons. The van der Waals surface area contributed by atoms with E-state index >= 15 is 0 Å². The molecule has 0 radical (unpaired) electrons. The second-order valence-electron chi connectivity index (χ2n) is 8.37. The number of carbonyl (C=O) groups excluding carboxylic acids is 2. The van der Waals surface area contributed by atoms with Crippen LogP contribution in [0.2, 0.25) is 0 Å². The number of nitrogens with zero attached hydrogens (tertiary/aromatic N) is 4. The van der Waals surface area contributed by atoms with Gasteiger partial charge in [-0.25, -0.2) is 4.90 Å². The molecular formula is C25H30N4O2. The molecule has 2 heterocycles. The van der Waals surface area contributed by atoms with Gasteiger partial charge in [0.05, 0.1) is 11.3 Å². The topological polar surface area (TPSA) is 47.1 Å². The summed E-state index contributed by atoms with van der Waals surface area (Å²) in [6.45, 7) is 8.42. The van der Waals surface area contributed by atoms with E-state index in [9.17, 15) is 9.59 Å². The van der Waals surface area contributed by atoms with E-state index in [4.69, 9.17) is 0 Å². The van der Waals surface area contributed by atoms with Crippen molar-refractivity contribution in [3.05, 3.63) is 65.4 Å². The van der Waals surface area contributed by atoms with Crippen LogP contribution in [0.15, 0.2) is 54.2 Å². The van der Waals surface area contributed by atoms with Crippen molar-refractivity contribution in [2.24, 2.45) is 0 Å². The lowest BCUT2D eigenvalue weighted by molar-refractivity contribution is -0.120. The van der Waals surface area contributed by atoms with E-state index in [1.54, 1.807) is 0 Å². The SMILES string of the molecule is CCN1CCN(C2=C(c3ccc(C)cc3)C(=O)N(c3ccc(N(C)C)cc3)C2=O)CC1. The molecule has 2 aromatic rings. The molecule has 0 aliphatic carbocycles. The maximum absolute atomic E-state index is 13.6. The van der Waals surface area contributed by atoms with Crippen molar-refractivity contribution in [2.75, 3.05) is 56.6 Å². The molecule has 1 saturated heterocycles. The van der Waals surface area contributed by atoms with Crippen LogP contribution in [0.4, 0.5) is 11.4 Å². The van der Waals surface area contributed by atoms with E-state index in [1.807, 2.05) is 74.4 Å². The first-order valence-corrected chi connectivity index (χ1v) is 10.9. The Morgan fingerprint density at radius 3 is 2.00 bits per heavy atom. The number of hydrogen-bond donors (Lipinski definition) is 0. The zero-order valence-corrected chi connectivity index (χ0v) is 18.8. The summed E-state index contributed by atoms with van der Waals surface area (Å²) in [5.74, 6) is -0.484. The highest BCUT2D eigenvalue weighted by atomic mass is 16.2. The van der Waals surface area contributed by atoms with Gasteiger partial charge in [-0.05, 0) is 43.3 Å². The number of aryl methyl sites for hydroxylation is 1. The van der Waals surface area contributed by atoms with Gasteiger partial charge in [0, 0.05) is 46.0 Å². The molecule has 0 saturated carbocycles. The number of amides is 2. The maximum atomic E-state index is 13.6. The molecule has 0 atom stereocenters. The molecule has 0 unspecified atom stereocenters. The van der Waals surface area contributed by atoms with Crippen LogP contribution in [-0.4, -0.2) is 68.4 Å². The maximum Gasteiger partial charge on any atom is 0.282 e. The van der Waals surface area contributed by atoms with Gasteiger partial charge >= 0.3 is 0 Å². The van der Waals surface area contributed by atoms with Crippen molar-refractivity contribution in [2.45, 2.75) is 13.8 Å². The van der Waals surface area contributed by atoms with Gasteiger partial charge in [-0.3, -0.25) is 9.59 Å². The molecule has 31 heavy (non-hydrogen) atoms. The summed E-state index contributed by atoms with van der Waals surface area (Å²) in [6, 6.07) is 15.4. The van der Waals surface area contributed by atoms with Crippen LogP contribution in [0.3, 0.4) is 0 Å². The quantitative estimate of drug-likeness (QED) is 0.699. The number of likely N-dealkylation sites (N-methyl/N-ethyl adjacent to an activating group) is 1. The molecule has 2 aromatic carbocycles. The van der Waals surface area contributed by atoms with E-state index in [-0.39, 0.29) is 11.8 Å². The molecular weight excluding hydrogens is 388 g/mol. The Morgan fingerprint density at radius 2 is 1.45 bits per heavy atom. The molecule has 4 rings (SSSR count). The summed E-state index contributed by atoms with van der Waals surface area (Å²) in [5.41, 5.74) is 4.57. The van der Waals surface area contributed by atoms with Gasteiger partial charge in [-0.15, -0.1) is 0 Å². The van der Waals surface area contributed by atoms with Gasteiger partial charge in [-0.1, -0.05) is 36.8 Å². The monoisotopic (exact) mass is 418 g/mol. The van der Waals surface area contributed by atoms with Crippen LogP contribution in [0.1, 0.15) is 18.1 Å². The van der Waals surface area contributed by atoms with Crippen LogP contribution in [0, 0.1) is 6.92 Å². The Labute approximate surface area is 184 Å². The van der Waals surface area contributed by atoms with Crippen LogP contribution in [0.25, 0.3) is 5.57 Å². The van der Waals surface area contributed by atoms with Gasteiger partial charge in [0.25, 0.3) is 11.8 Å². The summed E-state index contributed by atoms with van der Waals surface area (Å²) in [5, 5.41) is 0. The number of anilines is 2. The number of imide groups is 1. The van der Waals surface area contributed by atoms with Crippen LogP contribution >= 0.6 is 0 Å². The highest BCUT2D eigenvalue weighted by Gasteiger charge is 2.42. The minimum Gasteiger partial charge on any atom is -0.378 e. The summed E-state index contributed by atoms with van der Waals surface area (Å²) in [4.78, 5) is 35.0. The van der Waals surface area contributed by atoms with Crippen molar-refractivity contribution in [3.63, 3.8) is 0 Å². The molecule has 2 aliphatic heterocycles. The molecule has 0 aromatic heterocycles. The molecule has 0 bridgehead atoms. The van der Waals surface area contributed by atoms with E-state index in [0.717, 1.165) is 49.5 Å². The first-order valence-electron chi connectivity index (χ1n) is 10.9. The Morgan fingerprint density at radius 1 is 0.839 bits per heavy atom. The van der Waals surface area contributed by atoms with Crippen molar-refractivity contribution < 1.29 is 9.59 Å². The van der Waals surface area contributed by atoms with E-state index in [1.165, 1.54) is 4.90 Å². The van der Waals surface area contributed by atoms with Gasteiger partial charge in [0.1, 0.15) is 5.70 Å². The minimum atomic E-state index is -0.251. The number of carbonyl (C=O) groups is 2. The zero-order chi connectivity index (χ0) is 22.1. The molecule has 2 aliphatic rings. The predicted octanol–water partition coefficient (Wildman–Crippen LogP) is 2.98. The van der Waals surface area contributed by atoms with Crippen LogP contribution in [0.5, 0.6) is 0 Å². The summed E-state index contributed by atoms with van der Waals surface area (Å²) in [7, 11) is 3.93. The average molecular weight is 419 g/mol. The number of rotatable bonds is 5. The number of piperazine rings is 1. The predicted molar refractivity (Wildman–Crippen MR) is 125 cm³/mol. The number of benzene rings is 2. The minimum absolute atomic E-state index is 0.233. The van der Waals surface area contributed by atoms with Crippen molar-refractivity contribution >= 4 is 28.8 Å². The second kappa shape index (κ2) is 8.55. The molecule has 2 amide bonds. The molecule has 1 fully saturated rings. The van der Waals surface area contributed by atoms with Crippen molar-refractivity contribution in [1.82, 2.24) is 9.80 Å². The molecule has 6 heteroatoms. The van der Waals surface area contributed by atoms with Gasteiger partial charge in [-0.2, -0.15) is 0 Å². The highest BCUT2D eigenvalue weighted by molar-refractivity contribution is 6.45. The van der Waals surface area contributed by atoms with Gasteiger partial charge < -0.3 is 14.7 Å². The molecule has 0 N–H and O–H groups in total. The normalized spacial score (nSPS) is 17.7. The average Bonchev–Trinajstić information content (AvgIpc) is 3.04. The third kappa shape index (κ3) is 3.95. The summed E-state index contributed by atoms with van der Waals surface area (Å²) < 4.78 is 0. The van der Waals surface area contributed by atoms with E-state index < -0.39 is 0 Å². The largest absolute Gasteiger partial charge is 0.378 e. The zero-order valence-electron chi connectivity index (χ0n) is 18.8. The Balaban J connectivity index is 1.74. The fourth-order valence-electron chi connectivity index (χ4n) is 4.21. The fourth-order valence-corrected chi connectivity index (χ4v) is 4.21. The van der Waals surface area contributed by atoms with E-state index in [0.29, 0.717) is 17.0 Å². The fraction of sp³-hybridized carbons (Fsp3) is 0.360. The Hall–Kier alpha value is -3.12. The second-order valence-corrected chi connectivity index (χ2v) is 8.37. The smallest absolute Gasteiger partial charge is 0.282 e. The Kier molecular flexibility index (Phi) is 5.83. The Bertz CT molecular complexity index is 1000. The van der Waals surface area contributed by atoms with Gasteiger partial charge in [0.15, 0.2) is 0 Å².